The van der Waals surface area contributed by atoms with E-state index in [4.69, 9.17) is 23.2 Å². The number of hydrogen-bond donors (Lipinski definition) is 2. The minimum atomic E-state index is 0.595. The van der Waals surface area contributed by atoms with E-state index in [2.05, 4.69) is 22.4 Å². The maximum Gasteiger partial charge on any atom is 0.0637 e. The number of aromatic nitrogens is 1. The van der Waals surface area contributed by atoms with Gasteiger partial charge in [0.1, 0.15) is 0 Å². The van der Waals surface area contributed by atoms with Crippen LogP contribution >= 0.6 is 23.2 Å². The second-order valence-electron chi connectivity index (χ2n) is 4.68. The fraction of sp³-hybridized carbons (Fsp3) is 0.125. The van der Waals surface area contributed by atoms with Gasteiger partial charge in [-0.1, -0.05) is 53.5 Å². The van der Waals surface area contributed by atoms with Gasteiger partial charge in [-0.25, -0.2) is 0 Å². The summed E-state index contributed by atoms with van der Waals surface area (Å²) in [6.45, 7) is 1.48. The van der Waals surface area contributed by atoms with E-state index >= 15 is 0 Å². The zero-order valence-electron chi connectivity index (χ0n) is 10.8. The highest BCUT2D eigenvalue weighted by molar-refractivity contribution is 6.42. The first-order valence-corrected chi connectivity index (χ1v) is 7.20. The lowest BCUT2D eigenvalue weighted by Gasteiger charge is -2.07. The quantitative estimate of drug-likeness (QED) is 0.714. The summed E-state index contributed by atoms with van der Waals surface area (Å²) in [6.07, 6.45) is 2.04. The third-order valence-corrected chi connectivity index (χ3v) is 4.20. The van der Waals surface area contributed by atoms with Crippen molar-refractivity contribution in [1.29, 1.82) is 0 Å². The van der Waals surface area contributed by atoms with E-state index < -0.39 is 0 Å². The van der Waals surface area contributed by atoms with Crippen molar-refractivity contribution in [1.82, 2.24) is 10.3 Å². The number of fused-ring (bicyclic) bond motifs is 1. The molecule has 0 saturated heterocycles. The molecule has 2 aromatic carbocycles. The number of H-pyrrole nitrogens is 1. The van der Waals surface area contributed by atoms with Crippen molar-refractivity contribution in [3.63, 3.8) is 0 Å². The van der Waals surface area contributed by atoms with Crippen LogP contribution in [0.4, 0.5) is 0 Å². The Bertz CT molecular complexity index is 734. The smallest absolute Gasteiger partial charge is 0.0637 e. The first-order chi connectivity index (χ1) is 9.75. The average Bonchev–Trinajstić information content (AvgIpc) is 2.87. The van der Waals surface area contributed by atoms with E-state index in [-0.39, 0.29) is 0 Å². The third kappa shape index (κ3) is 2.68. The lowest BCUT2D eigenvalue weighted by molar-refractivity contribution is 0.696. The van der Waals surface area contributed by atoms with E-state index in [1.807, 2.05) is 30.5 Å². The molecule has 0 amide bonds. The average molecular weight is 305 g/mol. The summed E-state index contributed by atoms with van der Waals surface area (Å²) in [4.78, 5) is 3.27. The zero-order chi connectivity index (χ0) is 13.9. The van der Waals surface area contributed by atoms with Crippen LogP contribution in [-0.4, -0.2) is 4.98 Å². The second-order valence-corrected chi connectivity index (χ2v) is 5.46. The Balaban J connectivity index is 1.70. The Labute approximate surface area is 127 Å². The molecule has 1 heterocycles. The molecule has 0 aliphatic rings. The first kappa shape index (κ1) is 13.5. The van der Waals surface area contributed by atoms with Crippen LogP contribution in [0.25, 0.3) is 10.9 Å². The predicted molar refractivity (Wildman–Crippen MR) is 85.3 cm³/mol. The van der Waals surface area contributed by atoms with Gasteiger partial charge in [-0.05, 0) is 23.3 Å². The van der Waals surface area contributed by atoms with E-state index in [9.17, 15) is 0 Å². The predicted octanol–water partition coefficient (Wildman–Crippen LogP) is 4.76. The van der Waals surface area contributed by atoms with E-state index in [0.29, 0.717) is 16.6 Å². The van der Waals surface area contributed by atoms with Crippen LogP contribution in [0.5, 0.6) is 0 Å². The van der Waals surface area contributed by atoms with Gasteiger partial charge in [0.25, 0.3) is 0 Å². The van der Waals surface area contributed by atoms with E-state index in [1.54, 1.807) is 6.07 Å². The van der Waals surface area contributed by atoms with Gasteiger partial charge in [0.05, 0.1) is 10.0 Å². The Morgan fingerprint density at radius 1 is 0.900 bits per heavy atom. The number of benzene rings is 2. The van der Waals surface area contributed by atoms with Gasteiger partial charge in [0.15, 0.2) is 0 Å². The third-order valence-electron chi connectivity index (χ3n) is 3.34. The molecule has 3 aromatic rings. The van der Waals surface area contributed by atoms with Crippen molar-refractivity contribution in [3.8, 4) is 0 Å². The minimum Gasteiger partial charge on any atom is -0.361 e. The maximum absolute atomic E-state index is 6.17. The Kier molecular flexibility index (Phi) is 3.97. The number of halogens is 2. The molecule has 0 saturated carbocycles. The lowest BCUT2D eigenvalue weighted by atomic mass is 10.1. The molecular formula is C16H14Cl2N2. The zero-order valence-corrected chi connectivity index (χ0v) is 12.3. The van der Waals surface area contributed by atoms with Gasteiger partial charge in [-0.3, -0.25) is 0 Å². The van der Waals surface area contributed by atoms with Crippen LogP contribution in [0.15, 0.2) is 48.7 Å². The topological polar surface area (TPSA) is 27.8 Å². The molecule has 0 fully saturated rings. The van der Waals surface area contributed by atoms with Gasteiger partial charge in [-0.2, -0.15) is 0 Å². The Hall–Kier alpha value is -1.48. The molecular weight excluding hydrogens is 291 g/mol. The number of para-hydroxylation sites is 1. The molecule has 2 N–H and O–H groups in total. The molecule has 20 heavy (non-hydrogen) atoms. The van der Waals surface area contributed by atoms with Gasteiger partial charge in [0, 0.05) is 30.2 Å². The van der Waals surface area contributed by atoms with Gasteiger partial charge >= 0.3 is 0 Å². The van der Waals surface area contributed by atoms with Crippen molar-refractivity contribution in [2.75, 3.05) is 0 Å². The molecule has 0 spiro atoms. The molecule has 0 atom stereocenters. The van der Waals surface area contributed by atoms with Crippen molar-refractivity contribution in [2.24, 2.45) is 0 Å². The Morgan fingerprint density at radius 3 is 2.60 bits per heavy atom. The SMILES string of the molecule is Clc1cccc(CNCc2c[nH]c3ccccc23)c1Cl. The molecule has 102 valence electrons. The largest absolute Gasteiger partial charge is 0.361 e. The first-order valence-electron chi connectivity index (χ1n) is 6.44. The Morgan fingerprint density at radius 2 is 1.70 bits per heavy atom. The summed E-state index contributed by atoms with van der Waals surface area (Å²) in [5, 5.41) is 5.87. The molecule has 3 rings (SSSR count). The van der Waals surface area contributed by atoms with Crippen LogP contribution in [0.2, 0.25) is 10.0 Å². The lowest BCUT2D eigenvalue weighted by Crippen LogP contribution is -2.12. The summed E-state index contributed by atoms with van der Waals surface area (Å²) in [5.74, 6) is 0. The normalized spacial score (nSPS) is 11.1. The highest BCUT2D eigenvalue weighted by Gasteiger charge is 2.05. The highest BCUT2D eigenvalue weighted by atomic mass is 35.5. The molecule has 1 aromatic heterocycles. The van der Waals surface area contributed by atoms with E-state index in [1.165, 1.54) is 10.9 Å². The number of rotatable bonds is 4. The fourth-order valence-electron chi connectivity index (χ4n) is 2.29. The summed E-state index contributed by atoms with van der Waals surface area (Å²) in [7, 11) is 0. The molecule has 0 bridgehead atoms. The highest BCUT2D eigenvalue weighted by Crippen LogP contribution is 2.25. The van der Waals surface area contributed by atoms with Crippen LogP contribution in [0.3, 0.4) is 0 Å². The summed E-state index contributed by atoms with van der Waals surface area (Å²) >= 11 is 12.2. The van der Waals surface area contributed by atoms with Crippen LogP contribution in [0.1, 0.15) is 11.1 Å². The van der Waals surface area contributed by atoms with Crippen LogP contribution in [-0.2, 0) is 13.1 Å². The number of aromatic amines is 1. The minimum absolute atomic E-state index is 0.595. The molecule has 0 aliphatic carbocycles. The summed E-state index contributed by atoms with van der Waals surface area (Å²) in [6, 6.07) is 14.0. The summed E-state index contributed by atoms with van der Waals surface area (Å²) in [5.41, 5.74) is 3.42. The van der Waals surface area contributed by atoms with Crippen LogP contribution < -0.4 is 5.32 Å². The standard InChI is InChI=1S/C16H14Cl2N2/c17-14-6-3-4-11(16(14)18)8-19-9-12-10-20-15-7-2-1-5-13(12)15/h1-7,10,19-20H,8-9H2. The van der Waals surface area contributed by atoms with Crippen molar-refractivity contribution in [3.05, 3.63) is 69.8 Å². The summed E-state index contributed by atoms with van der Waals surface area (Å²) < 4.78 is 0. The monoisotopic (exact) mass is 304 g/mol. The maximum atomic E-state index is 6.17. The van der Waals surface area contributed by atoms with Crippen molar-refractivity contribution < 1.29 is 0 Å². The fourth-order valence-corrected chi connectivity index (χ4v) is 2.68. The van der Waals surface area contributed by atoms with Crippen molar-refractivity contribution >= 4 is 34.1 Å². The van der Waals surface area contributed by atoms with E-state index in [0.717, 1.165) is 17.6 Å². The number of hydrogen-bond acceptors (Lipinski definition) is 1. The second kappa shape index (κ2) is 5.88. The molecule has 0 unspecified atom stereocenters. The molecule has 4 heteroatoms. The van der Waals surface area contributed by atoms with Crippen LogP contribution in [0, 0.1) is 0 Å². The van der Waals surface area contributed by atoms with Gasteiger partial charge < -0.3 is 10.3 Å². The van der Waals surface area contributed by atoms with Gasteiger partial charge in [0.2, 0.25) is 0 Å². The van der Waals surface area contributed by atoms with Crippen molar-refractivity contribution in [2.45, 2.75) is 13.1 Å². The molecule has 2 nitrogen and oxygen atoms in total. The number of nitrogens with one attached hydrogen (secondary N) is 2. The molecule has 0 radical (unpaired) electrons. The van der Waals surface area contributed by atoms with Gasteiger partial charge in [-0.15, -0.1) is 0 Å². The molecule has 0 aliphatic heterocycles.